The van der Waals surface area contributed by atoms with Crippen LogP contribution in [0.3, 0.4) is 0 Å². The summed E-state index contributed by atoms with van der Waals surface area (Å²) < 4.78 is 0. The summed E-state index contributed by atoms with van der Waals surface area (Å²) in [4.78, 5) is 2.28. The molecule has 22 heavy (non-hydrogen) atoms. The first-order valence-corrected chi connectivity index (χ1v) is 9.31. The van der Waals surface area contributed by atoms with Crippen molar-refractivity contribution in [3.63, 3.8) is 0 Å². The van der Waals surface area contributed by atoms with Gasteiger partial charge in [0.1, 0.15) is 0 Å². The fourth-order valence-corrected chi connectivity index (χ4v) is 4.11. The minimum atomic E-state index is 0.536. The van der Waals surface area contributed by atoms with Gasteiger partial charge >= 0.3 is 0 Å². The highest BCUT2D eigenvalue weighted by Crippen LogP contribution is 2.34. The molecule has 116 valence electrons. The molecule has 0 fully saturated rings. The van der Waals surface area contributed by atoms with Gasteiger partial charge in [-0.25, -0.2) is 0 Å². The molecule has 6 rings (SSSR count). The molecule has 0 heterocycles. The van der Waals surface area contributed by atoms with Crippen molar-refractivity contribution in [3.8, 4) is 0 Å². The summed E-state index contributed by atoms with van der Waals surface area (Å²) in [6, 6.07) is 16.4. The number of hydrogen-bond acceptors (Lipinski definition) is 2. The van der Waals surface area contributed by atoms with Crippen molar-refractivity contribution in [1.82, 2.24) is 4.90 Å². The van der Waals surface area contributed by atoms with Crippen LogP contribution in [0, 0.1) is 0 Å². The van der Waals surface area contributed by atoms with Gasteiger partial charge in [0.05, 0.1) is 0 Å². The van der Waals surface area contributed by atoms with Crippen molar-refractivity contribution in [2.75, 3.05) is 20.4 Å². The van der Waals surface area contributed by atoms with Crippen molar-refractivity contribution in [2.45, 2.75) is 31.1 Å². The number of nitrogens with zero attached hydrogens (tertiary/aromatic N) is 1. The number of aryl methyl sites for hydroxylation is 2. The van der Waals surface area contributed by atoms with Crippen LogP contribution in [0.1, 0.15) is 33.1 Å². The lowest BCUT2D eigenvalue weighted by atomic mass is 9.93. The number of rotatable bonds is 3. The van der Waals surface area contributed by atoms with Gasteiger partial charge in [0, 0.05) is 11.8 Å². The van der Waals surface area contributed by atoms with E-state index in [4.69, 9.17) is 0 Å². The average molecular weight is 311 g/mol. The Kier molecular flexibility index (Phi) is 4.90. The number of hydrogen-bond donors (Lipinski definition) is 0. The molecule has 4 bridgehead atoms. The smallest absolute Gasteiger partial charge is 0.0338 e. The topological polar surface area (TPSA) is 3.24 Å². The van der Waals surface area contributed by atoms with E-state index in [1.54, 1.807) is 0 Å². The maximum atomic E-state index is 2.44. The Bertz CT molecular complexity index is 631. The second-order valence-corrected chi connectivity index (χ2v) is 7.56. The highest BCUT2D eigenvalue weighted by molar-refractivity contribution is 7.98. The standard InChI is InChI=1S/C20H25NS/c1-21(2)14-18-12-16-7-4-15-5-8-17(9-6-15)13-20(22-3)19(18)11-10-16/h5-6,8-12,20H,4,7,13-14H2,1-3H3/t20-/m0/s1. The summed E-state index contributed by atoms with van der Waals surface area (Å²) in [5.74, 6) is 0. The van der Waals surface area contributed by atoms with E-state index >= 15 is 0 Å². The minimum Gasteiger partial charge on any atom is -0.305 e. The average Bonchev–Trinajstić information content (AvgIpc) is 2.50. The fraction of sp³-hybridized carbons (Fsp3) is 0.400. The zero-order valence-corrected chi connectivity index (χ0v) is 14.6. The van der Waals surface area contributed by atoms with Crippen molar-refractivity contribution >= 4 is 11.8 Å². The van der Waals surface area contributed by atoms with Gasteiger partial charge in [0.15, 0.2) is 0 Å². The first-order valence-electron chi connectivity index (χ1n) is 8.03. The van der Waals surface area contributed by atoms with E-state index in [1.807, 2.05) is 11.8 Å². The highest BCUT2D eigenvalue weighted by Gasteiger charge is 2.17. The number of thioether (sulfide) groups is 1. The van der Waals surface area contributed by atoms with Gasteiger partial charge in [0.25, 0.3) is 0 Å². The Morgan fingerprint density at radius 2 is 1.59 bits per heavy atom. The van der Waals surface area contributed by atoms with Crippen molar-refractivity contribution in [3.05, 3.63) is 70.3 Å². The Balaban J connectivity index is 2.04. The Morgan fingerprint density at radius 3 is 2.27 bits per heavy atom. The van der Waals surface area contributed by atoms with Gasteiger partial charge in [-0.15, -0.1) is 0 Å². The zero-order valence-electron chi connectivity index (χ0n) is 13.8. The Labute approximate surface area is 138 Å². The lowest BCUT2D eigenvalue weighted by molar-refractivity contribution is 0.400. The van der Waals surface area contributed by atoms with E-state index in [0.29, 0.717) is 5.25 Å². The summed E-state index contributed by atoms with van der Waals surface area (Å²) in [6.45, 7) is 1.03. The van der Waals surface area contributed by atoms with Crippen molar-refractivity contribution in [2.24, 2.45) is 0 Å². The molecule has 1 atom stereocenters. The molecule has 0 spiro atoms. The van der Waals surface area contributed by atoms with Crippen LogP contribution in [0.4, 0.5) is 0 Å². The summed E-state index contributed by atoms with van der Waals surface area (Å²) in [6.07, 6.45) is 5.61. The van der Waals surface area contributed by atoms with Crippen molar-refractivity contribution in [1.29, 1.82) is 0 Å². The predicted molar refractivity (Wildman–Crippen MR) is 97.6 cm³/mol. The van der Waals surface area contributed by atoms with Gasteiger partial charge in [-0.1, -0.05) is 42.5 Å². The monoisotopic (exact) mass is 311 g/mol. The molecule has 0 saturated heterocycles. The molecule has 0 radical (unpaired) electrons. The molecule has 4 aliphatic carbocycles. The lowest BCUT2D eigenvalue weighted by Crippen LogP contribution is -2.14. The molecule has 1 nitrogen and oxygen atoms in total. The SMILES string of the molecule is CS[C@H]1Cc2ccc(cc2)CCc2ccc1c(CN(C)C)c2. The molecule has 0 unspecified atom stereocenters. The minimum absolute atomic E-state index is 0.536. The summed E-state index contributed by atoms with van der Waals surface area (Å²) in [7, 11) is 4.32. The van der Waals surface area contributed by atoms with Crippen LogP contribution in [0.15, 0.2) is 42.5 Å². The molecule has 0 amide bonds. The van der Waals surface area contributed by atoms with E-state index in [0.717, 1.165) is 25.8 Å². The quantitative estimate of drug-likeness (QED) is 0.821. The molecule has 0 N–H and O–H groups in total. The molecule has 0 aliphatic heterocycles. The third-order valence-electron chi connectivity index (χ3n) is 4.47. The van der Waals surface area contributed by atoms with Crippen LogP contribution in [-0.2, 0) is 25.8 Å². The van der Waals surface area contributed by atoms with E-state index in [1.165, 1.54) is 27.8 Å². The van der Waals surface area contributed by atoms with Gasteiger partial charge in [-0.3, -0.25) is 0 Å². The third-order valence-corrected chi connectivity index (χ3v) is 5.46. The van der Waals surface area contributed by atoms with E-state index in [-0.39, 0.29) is 0 Å². The van der Waals surface area contributed by atoms with Crippen LogP contribution < -0.4 is 0 Å². The van der Waals surface area contributed by atoms with Crippen LogP contribution in [0.5, 0.6) is 0 Å². The van der Waals surface area contributed by atoms with Crippen LogP contribution in [-0.4, -0.2) is 25.3 Å². The van der Waals surface area contributed by atoms with E-state index < -0.39 is 0 Å². The third kappa shape index (κ3) is 3.56. The molecule has 0 aromatic heterocycles. The predicted octanol–water partition coefficient (Wildman–Crippen LogP) is 4.49. The van der Waals surface area contributed by atoms with Crippen molar-refractivity contribution < 1.29 is 0 Å². The molecule has 2 heteroatoms. The number of benzene rings is 2. The molecule has 4 aliphatic rings. The van der Waals surface area contributed by atoms with E-state index in [9.17, 15) is 0 Å². The fourth-order valence-electron chi connectivity index (χ4n) is 3.27. The summed E-state index contributed by atoms with van der Waals surface area (Å²) in [5, 5.41) is 0.536. The Morgan fingerprint density at radius 1 is 0.955 bits per heavy atom. The van der Waals surface area contributed by atoms with Gasteiger partial charge < -0.3 is 4.90 Å². The second kappa shape index (κ2) is 6.89. The van der Waals surface area contributed by atoms with Gasteiger partial charge in [-0.05, 0) is 67.4 Å². The molecule has 2 aromatic rings. The second-order valence-electron chi connectivity index (χ2n) is 6.52. The first-order chi connectivity index (χ1) is 10.7. The molecular weight excluding hydrogens is 286 g/mol. The van der Waals surface area contributed by atoms with Crippen LogP contribution >= 0.6 is 11.8 Å². The van der Waals surface area contributed by atoms with Crippen LogP contribution in [0.2, 0.25) is 0 Å². The largest absolute Gasteiger partial charge is 0.305 e. The Hall–Kier alpha value is -1.25. The molecule has 0 saturated carbocycles. The maximum Gasteiger partial charge on any atom is 0.0338 e. The summed E-state index contributed by atoms with van der Waals surface area (Å²) >= 11 is 1.97. The zero-order chi connectivity index (χ0) is 15.5. The highest BCUT2D eigenvalue weighted by atomic mass is 32.2. The lowest BCUT2D eigenvalue weighted by Gasteiger charge is -2.23. The van der Waals surface area contributed by atoms with Crippen LogP contribution in [0.25, 0.3) is 0 Å². The molecule has 2 aromatic carbocycles. The molecular formula is C20H25NS. The van der Waals surface area contributed by atoms with Gasteiger partial charge in [-0.2, -0.15) is 11.8 Å². The summed E-state index contributed by atoms with van der Waals surface area (Å²) in [5.41, 5.74) is 7.36. The van der Waals surface area contributed by atoms with Gasteiger partial charge in [0.2, 0.25) is 0 Å². The normalized spacial score (nSPS) is 17.5. The maximum absolute atomic E-state index is 2.44. The first kappa shape index (κ1) is 15.6. The van der Waals surface area contributed by atoms with E-state index in [2.05, 4.69) is 67.7 Å².